The smallest absolute Gasteiger partial charge is 0.325 e. The average molecular weight is 415 g/mol. The van der Waals surface area contributed by atoms with Crippen molar-refractivity contribution in [2.24, 2.45) is 5.10 Å². The molecule has 1 saturated heterocycles. The van der Waals surface area contributed by atoms with E-state index in [2.05, 4.69) is 15.4 Å². The highest BCUT2D eigenvalue weighted by atomic mass is 16.2. The number of H-pyrrole nitrogens is 1. The molecule has 2 aliphatic rings. The van der Waals surface area contributed by atoms with Crippen molar-refractivity contribution in [2.75, 3.05) is 13.1 Å². The predicted octanol–water partition coefficient (Wildman–Crippen LogP) is 2.27. The summed E-state index contributed by atoms with van der Waals surface area (Å²) in [6.45, 7) is 0.117. The van der Waals surface area contributed by atoms with E-state index in [0.717, 1.165) is 32.6 Å². The molecule has 1 atom stereocenters. The zero-order valence-corrected chi connectivity index (χ0v) is 16.7. The van der Waals surface area contributed by atoms with Gasteiger partial charge in [0.15, 0.2) is 0 Å². The van der Waals surface area contributed by atoms with Gasteiger partial charge < -0.3 is 10.3 Å². The summed E-state index contributed by atoms with van der Waals surface area (Å²) in [6.07, 6.45) is 2.85. The van der Waals surface area contributed by atoms with Crippen LogP contribution >= 0.6 is 0 Å². The summed E-state index contributed by atoms with van der Waals surface area (Å²) in [5.41, 5.74) is 3.71. The third-order valence-electron chi connectivity index (χ3n) is 5.70. The second-order valence-corrected chi connectivity index (χ2v) is 7.67. The molecular weight excluding hydrogens is 394 g/mol. The number of para-hydroxylation sites is 1. The van der Waals surface area contributed by atoms with Crippen LogP contribution < -0.4 is 5.32 Å². The number of nitrogens with one attached hydrogen (secondary N) is 2. The van der Waals surface area contributed by atoms with Gasteiger partial charge in [-0.3, -0.25) is 14.5 Å². The molecule has 8 nitrogen and oxygen atoms in total. The minimum Gasteiger partial charge on any atom is -0.361 e. The van der Waals surface area contributed by atoms with Crippen LogP contribution in [0.4, 0.5) is 4.79 Å². The lowest BCUT2D eigenvalue weighted by atomic mass is 10.1. The Balaban J connectivity index is 1.26. The number of urea groups is 1. The Hall–Kier alpha value is -3.94. The number of amides is 4. The van der Waals surface area contributed by atoms with E-state index in [9.17, 15) is 14.4 Å². The molecule has 1 aromatic heterocycles. The monoisotopic (exact) mass is 415 g/mol. The van der Waals surface area contributed by atoms with Gasteiger partial charge in [0.05, 0.1) is 12.3 Å². The highest BCUT2D eigenvalue weighted by Crippen LogP contribution is 2.21. The van der Waals surface area contributed by atoms with Gasteiger partial charge in [-0.05, 0) is 17.2 Å². The first-order valence-electron chi connectivity index (χ1n) is 10.2. The van der Waals surface area contributed by atoms with E-state index in [4.69, 9.17) is 0 Å². The molecule has 156 valence electrons. The minimum atomic E-state index is -0.693. The maximum absolute atomic E-state index is 12.8. The number of carbonyl (C=O) groups is 3. The molecule has 0 aliphatic carbocycles. The van der Waals surface area contributed by atoms with Crippen molar-refractivity contribution in [3.8, 4) is 0 Å². The van der Waals surface area contributed by atoms with E-state index >= 15 is 0 Å². The maximum atomic E-state index is 12.8. The van der Waals surface area contributed by atoms with Gasteiger partial charge >= 0.3 is 6.03 Å². The third kappa shape index (κ3) is 3.56. The second-order valence-electron chi connectivity index (χ2n) is 7.67. The van der Waals surface area contributed by atoms with Crippen molar-refractivity contribution in [2.45, 2.75) is 18.9 Å². The van der Waals surface area contributed by atoms with Crippen LogP contribution in [0.1, 0.15) is 17.5 Å². The first kappa shape index (κ1) is 19.0. The number of aromatic amines is 1. The Morgan fingerprint density at radius 1 is 1.06 bits per heavy atom. The number of hydrazone groups is 1. The lowest BCUT2D eigenvalue weighted by Gasteiger charge is -2.16. The van der Waals surface area contributed by atoms with Crippen molar-refractivity contribution in [1.82, 2.24) is 20.2 Å². The van der Waals surface area contributed by atoms with Gasteiger partial charge in [0.2, 0.25) is 0 Å². The molecule has 31 heavy (non-hydrogen) atoms. The molecule has 3 aromatic rings. The first-order valence-corrected chi connectivity index (χ1v) is 10.2. The number of rotatable bonds is 5. The molecule has 0 spiro atoms. The van der Waals surface area contributed by atoms with Crippen LogP contribution in [0.5, 0.6) is 0 Å². The van der Waals surface area contributed by atoms with Crippen molar-refractivity contribution in [1.29, 1.82) is 0 Å². The summed E-state index contributed by atoms with van der Waals surface area (Å²) in [5, 5.41) is 9.45. The quantitative estimate of drug-likeness (QED) is 0.626. The zero-order valence-electron chi connectivity index (χ0n) is 16.7. The molecule has 5 rings (SSSR count). The lowest BCUT2D eigenvalue weighted by Crippen LogP contribution is -2.41. The van der Waals surface area contributed by atoms with Crippen molar-refractivity contribution >= 4 is 34.5 Å². The number of aromatic nitrogens is 1. The molecule has 1 fully saturated rings. The van der Waals surface area contributed by atoms with Crippen LogP contribution in [-0.2, 0) is 16.0 Å². The van der Waals surface area contributed by atoms with Gasteiger partial charge in [-0.1, -0.05) is 48.5 Å². The maximum Gasteiger partial charge on any atom is 0.325 e. The number of benzene rings is 2. The fourth-order valence-electron chi connectivity index (χ4n) is 4.07. The molecule has 2 N–H and O–H groups in total. The lowest BCUT2D eigenvalue weighted by molar-refractivity contribution is -0.137. The van der Waals surface area contributed by atoms with Crippen LogP contribution in [0, 0.1) is 0 Å². The highest BCUT2D eigenvalue weighted by Gasteiger charge is 2.40. The SMILES string of the molecule is O=C(CN1C(=O)N[C@@H](Cc2c[nH]c3ccccc23)C1=O)N1CCC(c2ccccc2)=N1. The zero-order chi connectivity index (χ0) is 21.4. The van der Waals surface area contributed by atoms with Crippen LogP contribution in [0.3, 0.4) is 0 Å². The van der Waals surface area contributed by atoms with E-state index in [-0.39, 0.29) is 12.5 Å². The molecule has 0 bridgehead atoms. The third-order valence-corrected chi connectivity index (χ3v) is 5.70. The average Bonchev–Trinajstić information content (AvgIpc) is 3.50. The normalized spacial score (nSPS) is 18.6. The summed E-state index contributed by atoms with van der Waals surface area (Å²) < 4.78 is 0. The van der Waals surface area contributed by atoms with Crippen LogP contribution in [0.25, 0.3) is 10.9 Å². The number of hydrogen-bond acceptors (Lipinski definition) is 4. The van der Waals surface area contributed by atoms with Gasteiger partial charge in [0.25, 0.3) is 11.8 Å². The first-order chi connectivity index (χ1) is 15.1. The Bertz CT molecular complexity index is 1200. The Morgan fingerprint density at radius 2 is 1.84 bits per heavy atom. The summed E-state index contributed by atoms with van der Waals surface area (Å²) >= 11 is 0. The molecule has 3 heterocycles. The second kappa shape index (κ2) is 7.71. The van der Waals surface area contributed by atoms with E-state index in [1.165, 1.54) is 5.01 Å². The largest absolute Gasteiger partial charge is 0.361 e. The van der Waals surface area contributed by atoms with Gasteiger partial charge in [0, 0.05) is 29.9 Å². The number of fused-ring (bicyclic) bond motifs is 1. The van der Waals surface area contributed by atoms with Gasteiger partial charge in [-0.25, -0.2) is 9.80 Å². The summed E-state index contributed by atoms with van der Waals surface area (Å²) in [7, 11) is 0. The fourth-order valence-corrected chi connectivity index (χ4v) is 4.07. The minimum absolute atomic E-state index is 0.319. The van der Waals surface area contributed by atoms with Crippen molar-refractivity contribution in [3.63, 3.8) is 0 Å². The Kier molecular flexibility index (Phi) is 4.74. The number of carbonyl (C=O) groups excluding carboxylic acids is 3. The molecule has 2 aliphatic heterocycles. The molecule has 0 unspecified atom stereocenters. The van der Waals surface area contributed by atoms with E-state index in [1.807, 2.05) is 60.8 Å². The topological polar surface area (TPSA) is 97.9 Å². The van der Waals surface area contributed by atoms with E-state index in [0.29, 0.717) is 19.4 Å². The van der Waals surface area contributed by atoms with Crippen molar-refractivity contribution in [3.05, 3.63) is 71.9 Å². The van der Waals surface area contributed by atoms with E-state index < -0.39 is 18.0 Å². The number of hydrogen-bond donors (Lipinski definition) is 2. The summed E-state index contributed by atoms with van der Waals surface area (Å²) in [6, 6.07) is 16.2. The number of nitrogens with zero attached hydrogens (tertiary/aromatic N) is 3. The standard InChI is InChI=1S/C23H21N5O3/c29-21(28-11-10-18(26-28)15-6-2-1-3-7-15)14-27-22(30)20(25-23(27)31)12-16-13-24-19-9-5-4-8-17(16)19/h1-9,13,20,24H,10-12,14H2,(H,25,31)/t20-/m0/s1. The molecule has 8 heteroatoms. The van der Waals surface area contributed by atoms with Crippen molar-refractivity contribution < 1.29 is 14.4 Å². The Morgan fingerprint density at radius 3 is 2.68 bits per heavy atom. The predicted molar refractivity (Wildman–Crippen MR) is 115 cm³/mol. The highest BCUT2D eigenvalue weighted by molar-refractivity contribution is 6.07. The van der Waals surface area contributed by atoms with Gasteiger partial charge in [0.1, 0.15) is 12.6 Å². The van der Waals surface area contributed by atoms with Gasteiger partial charge in [-0.2, -0.15) is 5.10 Å². The summed E-state index contributed by atoms with van der Waals surface area (Å²) in [4.78, 5) is 42.1. The molecule has 2 aromatic carbocycles. The van der Waals surface area contributed by atoms with Crippen LogP contribution in [-0.4, -0.2) is 57.6 Å². The van der Waals surface area contributed by atoms with Crippen LogP contribution in [0.15, 0.2) is 65.9 Å². The summed E-state index contributed by atoms with van der Waals surface area (Å²) in [5.74, 6) is -0.766. The fraction of sp³-hybridized carbons (Fsp3) is 0.217. The van der Waals surface area contributed by atoms with Crippen LogP contribution in [0.2, 0.25) is 0 Å². The molecule has 4 amide bonds. The Labute approximate surface area is 178 Å². The molecule has 0 radical (unpaired) electrons. The van der Waals surface area contributed by atoms with Gasteiger partial charge in [-0.15, -0.1) is 0 Å². The number of imide groups is 1. The van der Waals surface area contributed by atoms with E-state index in [1.54, 1.807) is 0 Å². The molecular formula is C23H21N5O3. The molecule has 0 saturated carbocycles.